The molecule has 5 N–H and O–H groups in total. The fourth-order valence-electron chi connectivity index (χ4n) is 4.35. The van der Waals surface area contributed by atoms with Crippen LogP contribution in [0.2, 0.25) is 0 Å². The monoisotopic (exact) mass is 418 g/mol. The lowest BCUT2D eigenvalue weighted by atomic mass is 9.92. The molecule has 0 radical (unpaired) electrons. The Kier molecular flexibility index (Phi) is 10.00. The van der Waals surface area contributed by atoms with Crippen LogP contribution in [-0.4, -0.2) is 76.0 Å². The summed E-state index contributed by atoms with van der Waals surface area (Å²) in [5.74, 6) is 0.594. The molecule has 164 valence electrons. The SMILES string of the molecule is CCCC1CCNC(C(=O)NC(CCC)[C@H]2O[C@H](SC)[C@H](O)[C@@H](O)[C@H]2O)CC1. The number of carbonyl (C=O) groups is 1. The van der Waals surface area contributed by atoms with E-state index in [0.29, 0.717) is 12.3 Å². The minimum absolute atomic E-state index is 0.0762. The number of nitrogens with one attached hydrogen (secondary N) is 2. The van der Waals surface area contributed by atoms with Crippen molar-refractivity contribution in [2.45, 2.75) is 101 Å². The van der Waals surface area contributed by atoms with Gasteiger partial charge in [0.05, 0.1) is 12.1 Å². The Morgan fingerprint density at radius 3 is 2.54 bits per heavy atom. The zero-order valence-corrected chi connectivity index (χ0v) is 18.2. The van der Waals surface area contributed by atoms with E-state index < -0.39 is 35.9 Å². The molecular weight excluding hydrogens is 380 g/mol. The largest absolute Gasteiger partial charge is 0.388 e. The summed E-state index contributed by atoms with van der Waals surface area (Å²) in [5, 5.41) is 37.2. The molecule has 2 saturated heterocycles. The molecular formula is C20H38N2O5S. The fourth-order valence-corrected chi connectivity index (χ4v) is 5.02. The number of aliphatic hydroxyl groups excluding tert-OH is 3. The summed E-state index contributed by atoms with van der Waals surface area (Å²) in [6, 6.07) is -0.658. The summed E-state index contributed by atoms with van der Waals surface area (Å²) < 4.78 is 5.87. The van der Waals surface area contributed by atoms with Gasteiger partial charge in [-0.05, 0) is 44.4 Å². The quantitative estimate of drug-likeness (QED) is 0.400. The Labute approximate surface area is 173 Å². The summed E-state index contributed by atoms with van der Waals surface area (Å²) >= 11 is 1.29. The third kappa shape index (κ3) is 6.06. The van der Waals surface area contributed by atoms with Crippen molar-refractivity contribution in [1.82, 2.24) is 10.6 Å². The van der Waals surface area contributed by atoms with E-state index in [9.17, 15) is 20.1 Å². The van der Waals surface area contributed by atoms with Gasteiger partial charge in [-0.15, -0.1) is 11.8 Å². The molecule has 0 aromatic heterocycles. The van der Waals surface area contributed by atoms with Gasteiger partial charge in [-0.3, -0.25) is 4.79 Å². The highest BCUT2D eigenvalue weighted by molar-refractivity contribution is 7.99. The molecule has 0 spiro atoms. The molecule has 1 amide bonds. The number of amides is 1. The fraction of sp³-hybridized carbons (Fsp3) is 0.950. The summed E-state index contributed by atoms with van der Waals surface area (Å²) in [4.78, 5) is 12.9. The Morgan fingerprint density at radius 1 is 1.14 bits per heavy atom. The molecule has 2 aliphatic rings. The van der Waals surface area contributed by atoms with Crippen LogP contribution < -0.4 is 10.6 Å². The third-order valence-electron chi connectivity index (χ3n) is 5.98. The molecule has 7 nitrogen and oxygen atoms in total. The summed E-state index contributed by atoms with van der Waals surface area (Å²) in [6.45, 7) is 5.04. The zero-order valence-electron chi connectivity index (χ0n) is 17.3. The number of hydrogen-bond donors (Lipinski definition) is 5. The average Bonchev–Trinajstić information content (AvgIpc) is 2.92. The maximum Gasteiger partial charge on any atom is 0.237 e. The second-order valence-corrected chi connectivity index (χ2v) is 9.04. The van der Waals surface area contributed by atoms with Crippen LogP contribution in [0.25, 0.3) is 0 Å². The molecule has 0 aliphatic carbocycles. The van der Waals surface area contributed by atoms with Crippen molar-refractivity contribution < 1.29 is 24.9 Å². The predicted octanol–water partition coefficient (Wildman–Crippen LogP) is 1.00. The molecule has 2 fully saturated rings. The smallest absolute Gasteiger partial charge is 0.237 e. The first kappa shape index (κ1) is 23.9. The molecule has 8 atom stereocenters. The lowest BCUT2D eigenvalue weighted by molar-refractivity contribution is -0.205. The van der Waals surface area contributed by atoms with Gasteiger partial charge in [0.1, 0.15) is 29.9 Å². The highest BCUT2D eigenvalue weighted by Gasteiger charge is 2.46. The minimum Gasteiger partial charge on any atom is -0.388 e. The van der Waals surface area contributed by atoms with Gasteiger partial charge < -0.3 is 30.7 Å². The van der Waals surface area contributed by atoms with E-state index in [1.54, 1.807) is 6.26 Å². The van der Waals surface area contributed by atoms with Crippen LogP contribution >= 0.6 is 11.8 Å². The van der Waals surface area contributed by atoms with Gasteiger partial charge in [0.2, 0.25) is 5.91 Å². The first-order valence-electron chi connectivity index (χ1n) is 10.7. The Morgan fingerprint density at radius 2 is 1.89 bits per heavy atom. The predicted molar refractivity (Wildman–Crippen MR) is 111 cm³/mol. The van der Waals surface area contributed by atoms with Crippen molar-refractivity contribution in [2.75, 3.05) is 12.8 Å². The van der Waals surface area contributed by atoms with Crippen molar-refractivity contribution in [1.29, 1.82) is 0 Å². The van der Waals surface area contributed by atoms with Gasteiger partial charge in [-0.25, -0.2) is 0 Å². The van der Waals surface area contributed by atoms with Crippen LogP contribution in [0.5, 0.6) is 0 Å². The zero-order chi connectivity index (χ0) is 20.7. The molecule has 0 aromatic carbocycles. The van der Waals surface area contributed by atoms with Gasteiger partial charge in [0, 0.05) is 0 Å². The van der Waals surface area contributed by atoms with Crippen molar-refractivity contribution in [2.24, 2.45) is 5.92 Å². The van der Waals surface area contributed by atoms with E-state index in [-0.39, 0.29) is 11.9 Å². The van der Waals surface area contributed by atoms with Gasteiger partial charge >= 0.3 is 0 Å². The third-order valence-corrected chi connectivity index (χ3v) is 6.84. The molecule has 0 saturated carbocycles. The molecule has 8 heteroatoms. The number of rotatable bonds is 8. The number of aliphatic hydroxyl groups is 3. The standard InChI is InChI=1S/C20H38N2O5S/c1-4-6-12-8-9-14(21-11-10-12)19(26)22-13(7-5-2)18-16(24)15(23)17(25)20(27-18)28-3/h12-18,20-21,23-25H,4-11H2,1-3H3,(H,22,26)/t12?,13?,14?,15-,16+,17+,18+,20+/m0/s1. The van der Waals surface area contributed by atoms with Gasteiger partial charge in [0.15, 0.2) is 0 Å². The van der Waals surface area contributed by atoms with Crippen LogP contribution in [-0.2, 0) is 9.53 Å². The van der Waals surface area contributed by atoms with E-state index in [1.807, 2.05) is 6.92 Å². The molecule has 28 heavy (non-hydrogen) atoms. The van der Waals surface area contributed by atoms with Crippen LogP contribution in [0.3, 0.4) is 0 Å². The van der Waals surface area contributed by atoms with Crippen molar-refractivity contribution >= 4 is 17.7 Å². The van der Waals surface area contributed by atoms with Crippen molar-refractivity contribution in [3.63, 3.8) is 0 Å². The molecule has 0 bridgehead atoms. The number of hydrogen-bond acceptors (Lipinski definition) is 7. The first-order valence-corrected chi connectivity index (χ1v) is 12.0. The average molecular weight is 419 g/mol. The van der Waals surface area contributed by atoms with Crippen LogP contribution in [0.4, 0.5) is 0 Å². The molecule has 0 aromatic rings. The second-order valence-electron chi connectivity index (χ2n) is 8.11. The lowest BCUT2D eigenvalue weighted by Gasteiger charge is -2.43. The van der Waals surface area contributed by atoms with E-state index in [2.05, 4.69) is 17.6 Å². The van der Waals surface area contributed by atoms with Gasteiger partial charge in [-0.1, -0.05) is 33.1 Å². The maximum absolute atomic E-state index is 12.9. The molecule has 2 heterocycles. The van der Waals surface area contributed by atoms with Crippen LogP contribution in [0.1, 0.15) is 58.8 Å². The number of carbonyl (C=O) groups excluding carboxylic acids is 1. The van der Waals surface area contributed by atoms with E-state index in [1.165, 1.54) is 24.6 Å². The highest BCUT2D eigenvalue weighted by Crippen LogP contribution is 2.30. The maximum atomic E-state index is 12.9. The second kappa shape index (κ2) is 11.7. The minimum atomic E-state index is -1.29. The van der Waals surface area contributed by atoms with Crippen molar-refractivity contribution in [3.05, 3.63) is 0 Å². The van der Waals surface area contributed by atoms with Crippen molar-refractivity contribution in [3.8, 4) is 0 Å². The van der Waals surface area contributed by atoms with Gasteiger partial charge in [0.25, 0.3) is 0 Å². The van der Waals surface area contributed by atoms with Crippen LogP contribution in [0.15, 0.2) is 0 Å². The van der Waals surface area contributed by atoms with Gasteiger partial charge in [-0.2, -0.15) is 0 Å². The Balaban J connectivity index is 2.02. The Bertz CT molecular complexity index is 482. The number of thioether (sulfide) groups is 1. The number of ether oxygens (including phenoxy) is 1. The topological polar surface area (TPSA) is 111 Å². The molecule has 3 unspecified atom stereocenters. The summed E-state index contributed by atoms with van der Waals surface area (Å²) in [7, 11) is 0. The van der Waals surface area contributed by atoms with E-state index in [4.69, 9.17) is 4.74 Å². The molecule has 2 rings (SSSR count). The lowest BCUT2D eigenvalue weighted by Crippen LogP contribution is -2.63. The van der Waals surface area contributed by atoms with Crippen LogP contribution in [0, 0.1) is 5.92 Å². The molecule has 2 aliphatic heterocycles. The Hall–Kier alpha value is -0.380. The highest BCUT2D eigenvalue weighted by atomic mass is 32.2. The van der Waals surface area contributed by atoms with E-state index >= 15 is 0 Å². The first-order chi connectivity index (χ1) is 13.4. The summed E-state index contributed by atoms with van der Waals surface area (Å²) in [6.07, 6.45) is 4.08. The normalized spacial score (nSPS) is 37.9. The van der Waals surface area contributed by atoms with E-state index in [0.717, 1.165) is 32.2 Å². The summed E-state index contributed by atoms with van der Waals surface area (Å²) in [5.41, 5.74) is -0.634.